The van der Waals surface area contributed by atoms with Crippen LogP contribution < -0.4 is 9.47 Å². The molecule has 8 heteroatoms. The largest absolute Gasteiger partial charge is 0.490 e. The zero-order valence-electron chi connectivity index (χ0n) is 17.5. The summed E-state index contributed by atoms with van der Waals surface area (Å²) >= 11 is 18.8. The molecule has 1 amide bonds. The molecule has 1 heterocycles. The minimum Gasteiger partial charge on any atom is -0.490 e. The maximum atomic E-state index is 12.7. The van der Waals surface area contributed by atoms with Crippen LogP contribution in [0, 0.1) is 5.92 Å². The van der Waals surface area contributed by atoms with Gasteiger partial charge in [0.25, 0.3) is 5.91 Å². The average molecular weight is 496 g/mol. The van der Waals surface area contributed by atoms with E-state index in [4.69, 9.17) is 44.9 Å². The lowest BCUT2D eigenvalue weighted by Crippen LogP contribution is -2.31. The first-order valence-electron chi connectivity index (χ1n) is 9.87. The van der Waals surface area contributed by atoms with Crippen molar-refractivity contribution in [3.63, 3.8) is 0 Å². The Morgan fingerprint density at radius 2 is 1.87 bits per heavy atom. The van der Waals surface area contributed by atoms with E-state index in [1.54, 1.807) is 17.0 Å². The van der Waals surface area contributed by atoms with Gasteiger partial charge in [0.2, 0.25) is 0 Å². The molecule has 164 valence electrons. The van der Waals surface area contributed by atoms with Gasteiger partial charge in [-0.2, -0.15) is 0 Å². The molecule has 2 aromatic rings. The highest BCUT2D eigenvalue weighted by atomic mass is 35.5. The summed E-state index contributed by atoms with van der Waals surface area (Å²) in [5.74, 6) is 1.51. The van der Waals surface area contributed by atoms with E-state index in [1.165, 1.54) is 11.8 Å². The first-order chi connectivity index (χ1) is 14.8. The molecule has 3 rings (SSSR count). The molecule has 0 radical (unpaired) electrons. The van der Waals surface area contributed by atoms with Gasteiger partial charge in [0.15, 0.2) is 11.5 Å². The van der Waals surface area contributed by atoms with Crippen LogP contribution in [0.2, 0.25) is 10.0 Å². The van der Waals surface area contributed by atoms with Gasteiger partial charge >= 0.3 is 0 Å². The van der Waals surface area contributed by atoms with E-state index in [9.17, 15) is 4.79 Å². The van der Waals surface area contributed by atoms with E-state index in [0.29, 0.717) is 56.4 Å². The van der Waals surface area contributed by atoms with Crippen molar-refractivity contribution in [2.45, 2.75) is 27.4 Å². The second-order valence-corrected chi connectivity index (χ2v) is 9.85. The number of hydrogen-bond donors (Lipinski definition) is 0. The molecule has 1 fully saturated rings. The van der Waals surface area contributed by atoms with Crippen molar-refractivity contribution in [3.05, 3.63) is 62.5 Å². The molecule has 0 N–H and O–H groups in total. The average Bonchev–Trinajstić information content (AvgIpc) is 2.97. The molecule has 0 aromatic heterocycles. The zero-order chi connectivity index (χ0) is 22.5. The maximum Gasteiger partial charge on any atom is 0.266 e. The Hall–Kier alpha value is -1.73. The van der Waals surface area contributed by atoms with Gasteiger partial charge in [-0.1, -0.05) is 73.2 Å². The molecule has 4 nitrogen and oxygen atoms in total. The lowest BCUT2D eigenvalue weighted by Gasteiger charge is -2.16. The van der Waals surface area contributed by atoms with E-state index >= 15 is 0 Å². The molecule has 0 bridgehead atoms. The lowest BCUT2D eigenvalue weighted by atomic mass is 10.1. The number of hydrogen-bond acceptors (Lipinski definition) is 5. The molecule has 0 unspecified atom stereocenters. The quantitative estimate of drug-likeness (QED) is 0.296. The van der Waals surface area contributed by atoms with Crippen LogP contribution in [0.25, 0.3) is 6.08 Å². The van der Waals surface area contributed by atoms with Crippen LogP contribution in [0.15, 0.2) is 41.3 Å². The molecule has 1 aliphatic heterocycles. The topological polar surface area (TPSA) is 38.8 Å². The Balaban J connectivity index is 1.78. The summed E-state index contributed by atoms with van der Waals surface area (Å²) in [5, 5.41) is 0.988. The van der Waals surface area contributed by atoms with Crippen LogP contribution in [0.4, 0.5) is 0 Å². The summed E-state index contributed by atoms with van der Waals surface area (Å²) in [6.07, 6.45) is 1.84. The highest BCUT2D eigenvalue weighted by Crippen LogP contribution is 2.35. The summed E-state index contributed by atoms with van der Waals surface area (Å²) in [4.78, 5) is 15.0. The number of ether oxygens (including phenoxy) is 2. The first kappa shape index (κ1) is 23.9. The predicted molar refractivity (Wildman–Crippen MR) is 133 cm³/mol. The van der Waals surface area contributed by atoms with Gasteiger partial charge in [-0.3, -0.25) is 9.69 Å². The number of thiocarbonyl (C=S) groups is 1. The second-order valence-electron chi connectivity index (χ2n) is 7.36. The molecule has 0 saturated carbocycles. The van der Waals surface area contributed by atoms with Crippen LogP contribution in [0.3, 0.4) is 0 Å². The van der Waals surface area contributed by atoms with Crippen molar-refractivity contribution in [3.8, 4) is 11.5 Å². The summed E-state index contributed by atoms with van der Waals surface area (Å²) in [6.45, 7) is 7.47. The highest BCUT2D eigenvalue weighted by molar-refractivity contribution is 8.26. The van der Waals surface area contributed by atoms with E-state index in [-0.39, 0.29) is 5.91 Å². The third kappa shape index (κ3) is 6.16. The van der Waals surface area contributed by atoms with Gasteiger partial charge < -0.3 is 9.47 Å². The number of carbonyl (C=O) groups is 1. The first-order valence-corrected chi connectivity index (χ1v) is 11.9. The van der Waals surface area contributed by atoms with Crippen LogP contribution in [-0.2, 0) is 11.4 Å². The number of carbonyl (C=O) groups excluding carboxylic acids is 1. The SMILES string of the molecule is CCOc1cc(/C=C2\SC(=S)N(CC(C)C)C2=O)ccc1OCc1ccc(Cl)c(Cl)c1. The lowest BCUT2D eigenvalue weighted by molar-refractivity contribution is -0.122. The molecule has 0 atom stereocenters. The van der Waals surface area contributed by atoms with Crippen molar-refractivity contribution < 1.29 is 14.3 Å². The van der Waals surface area contributed by atoms with Crippen molar-refractivity contribution in [2.24, 2.45) is 5.92 Å². The van der Waals surface area contributed by atoms with Crippen LogP contribution in [0.5, 0.6) is 11.5 Å². The summed E-state index contributed by atoms with van der Waals surface area (Å²) < 4.78 is 12.3. The molecule has 31 heavy (non-hydrogen) atoms. The van der Waals surface area contributed by atoms with Crippen LogP contribution in [0.1, 0.15) is 31.9 Å². The Kier molecular flexibility index (Phi) is 8.28. The molecular formula is C23H23Cl2NO3S2. The smallest absolute Gasteiger partial charge is 0.266 e. The molecule has 2 aromatic carbocycles. The normalized spacial score (nSPS) is 15.3. The Bertz CT molecular complexity index is 1020. The molecule has 1 aliphatic rings. The van der Waals surface area contributed by atoms with Gasteiger partial charge in [-0.05, 0) is 54.3 Å². The Morgan fingerprint density at radius 1 is 1.10 bits per heavy atom. The van der Waals surface area contributed by atoms with Crippen molar-refractivity contribution in [2.75, 3.05) is 13.2 Å². The molecular weight excluding hydrogens is 473 g/mol. The number of amides is 1. The van der Waals surface area contributed by atoms with Crippen LogP contribution in [-0.4, -0.2) is 28.3 Å². The fourth-order valence-corrected chi connectivity index (χ4v) is 4.56. The number of rotatable bonds is 8. The Morgan fingerprint density at radius 3 is 2.55 bits per heavy atom. The van der Waals surface area contributed by atoms with Crippen molar-refractivity contribution in [1.29, 1.82) is 0 Å². The van der Waals surface area contributed by atoms with E-state index in [2.05, 4.69) is 13.8 Å². The maximum absolute atomic E-state index is 12.7. The molecule has 1 saturated heterocycles. The number of halogens is 2. The monoisotopic (exact) mass is 495 g/mol. The van der Waals surface area contributed by atoms with E-state index < -0.39 is 0 Å². The van der Waals surface area contributed by atoms with Gasteiger partial charge in [0.05, 0.1) is 21.6 Å². The minimum atomic E-state index is -0.0541. The fraction of sp³-hybridized carbons (Fsp3) is 0.304. The fourth-order valence-electron chi connectivity index (χ4n) is 2.97. The van der Waals surface area contributed by atoms with Gasteiger partial charge in [-0.15, -0.1) is 0 Å². The third-order valence-electron chi connectivity index (χ3n) is 4.37. The van der Waals surface area contributed by atoms with E-state index in [1.807, 2.05) is 37.3 Å². The van der Waals surface area contributed by atoms with Gasteiger partial charge in [0.1, 0.15) is 10.9 Å². The third-order valence-corrected chi connectivity index (χ3v) is 6.48. The molecule has 0 spiro atoms. The zero-order valence-corrected chi connectivity index (χ0v) is 20.6. The Labute approximate surface area is 202 Å². The number of benzene rings is 2. The van der Waals surface area contributed by atoms with Crippen molar-refractivity contribution in [1.82, 2.24) is 4.90 Å². The highest BCUT2D eigenvalue weighted by Gasteiger charge is 2.32. The van der Waals surface area contributed by atoms with E-state index in [0.717, 1.165) is 11.1 Å². The standard InChI is InChI=1S/C23H23Cl2NO3S2/c1-4-28-20-10-15(11-21-22(27)26(12-14(2)3)23(30)31-21)6-8-19(20)29-13-16-5-7-17(24)18(25)9-16/h5-11,14H,4,12-13H2,1-3H3/b21-11-. The number of nitrogens with zero attached hydrogens (tertiary/aromatic N) is 1. The summed E-state index contributed by atoms with van der Waals surface area (Å²) in [5.41, 5.74) is 1.74. The van der Waals surface area contributed by atoms with Gasteiger partial charge in [-0.25, -0.2) is 0 Å². The summed E-state index contributed by atoms with van der Waals surface area (Å²) in [6, 6.07) is 11.0. The minimum absolute atomic E-state index is 0.0541. The predicted octanol–water partition coefficient (Wildman–Crippen LogP) is 6.83. The van der Waals surface area contributed by atoms with Gasteiger partial charge in [0, 0.05) is 6.54 Å². The summed E-state index contributed by atoms with van der Waals surface area (Å²) in [7, 11) is 0. The van der Waals surface area contributed by atoms with Crippen molar-refractivity contribution >= 4 is 63.5 Å². The second kappa shape index (κ2) is 10.7. The number of thioether (sulfide) groups is 1. The molecule has 0 aliphatic carbocycles. The van der Waals surface area contributed by atoms with Crippen LogP contribution >= 0.6 is 47.2 Å².